The SMILES string of the molecule is CCc1ncc(CN2CCN/C2=C\C(=O)C(F)(F)F)cc1F. The molecule has 0 saturated carbocycles. The Morgan fingerprint density at radius 3 is 2.82 bits per heavy atom. The van der Waals surface area contributed by atoms with Crippen molar-refractivity contribution in [2.45, 2.75) is 26.1 Å². The summed E-state index contributed by atoms with van der Waals surface area (Å²) in [5.74, 6) is -2.28. The van der Waals surface area contributed by atoms with Gasteiger partial charge >= 0.3 is 6.18 Å². The lowest BCUT2D eigenvalue weighted by molar-refractivity contribution is -0.165. The molecule has 0 amide bonds. The van der Waals surface area contributed by atoms with Gasteiger partial charge in [0.25, 0.3) is 5.78 Å². The van der Waals surface area contributed by atoms with Gasteiger partial charge in [0.05, 0.1) is 5.69 Å². The standard InChI is InChI=1S/C14H15F4N3O/c1-2-11-10(15)5-9(7-20-11)8-21-4-3-19-13(21)6-12(22)14(16,17)18/h5-7,19H,2-4,8H2,1H3/b13-6+. The molecular formula is C14H15F4N3O. The number of nitrogens with zero attached hydrogens (tertiary/aromatic N) is 2. The summed E-state index contributed by atoms with van der Waals surface area (Å²) in [6.07, 6.45) is -2.43. The Balaban J connectivity index is 2.13. The molecule has 0 aliphatic carbocycles. The highest BCUT2D eigenvalue weighted by molar-refractivity contribution is 5.94. The highest BCUT2D eigenvalue weighted by Crippen LogP contribution is 2.20. The van der Waals surface area contributed by atoms with Crippen LogP contribution in [0.2, 0.25) is 0 Å². The smallest absolute Gasteiger partial charge is 0.370 e. The highest BCUT2D eigenvalue weighted by Gasteiger charge is 2.37. The third-order valence-electron chi connectivity index (χ3n) is 3.26. The molecule has 0 spiro atoms. The molecular weight excluding hydrogens is 302 g/mol. The Bertz CT molecular complexity index is 598. The Kier molecular flexibility index (Phi) is 4.68. The number of halogens is 4. The highest BCUT2D eigenvalue weighted by atomic mass is 19.4. The number of nitrogens with one attached hydrogen (secondary N) is 1. The third kappa shape index (κ3) is 3.75. The molecule has 1 aliphatic heterocycles. The molecule has 1 saturated heterocycles. The average molecular weight is 317 g/mol. The molecule has 0 bridgehead atoms. The summed E-state index contributed by atoms with van der Waals surface area (Å²) in [5, 5.41) is 2.72. The number of hydrogen-bond acceptors (Lipinski definition) is 4. The predicted octanol–water partition coefficient (Wildman–Crippen LogP) is 2.16. The fourth-order valence-electron chi connectivity index (χ4n) is 2.14. The van der Waals surface area contributed by atoms with Gasteiger partial charge in [0, 0.05) is 31.9 Å². The molecule has 1 aliphatic rings. The van der Waals surface area contributed by atoms with E-state index in [0.717, 1.165) is 0 Å². The summed E-state index contributed by atoms with van der Waals surface area (Å²) in [7, 11) is 0. The monoisotopic (exact) mass is 317 g/mol. The van der Waals surface area contributed by atoms with Crippen molar-refractivity contribution in [2.24, 2.45) is 0 Å². The van der Waals surface area contributed by atoms with E-state index in [1.165, 1.54) is 12.3 Å². The normalized spacial score (nSPS) is 17.0. The molecule has 0 atom stereocenters. The fourth-order valence-corrected chi connectivity index (χ4v) is 2.14. The maximum atomic E-state index is 13.7. The van der Waals surface area contributed by atoms with Gasteiger partial charge in [-0.1, -0.05) is 6.92 Å². The van der Waals surface area contributed by atoms with Crippen molar-refractivity contribution in [2.75, 3.05) is 13.1 Å². The van der Waals surface area contributed by atoms with E-state index in [4.69, 9.17) is 0 Å². The molecule has 1 fully saturated rings. The molecule has 2 rings (SSSR count). The zero-order valence-electron chi connectivity index (χ0n) is 11.9. The molecule has 1 aromatic heterocycles. The second-order valence-corrected chi connectivity index (χ2v) is 4.87. The third-order valence-corrected chi connectivity index (χ3v) is 3.26. The molecule has 2 heterocycles. The van der Waals surface area contributed by atoms with Crippen molar-refractivity contribution in [3.05, 3.63) is 41.2 Å². The van der Waals surface area contributed by atoms with Crippen LogP contribution < -0.4 is 5.32 Å². The lowest BCUT2D eigenvalue weighted by Gasteiger charge is -2.19. The van der Waals surface area contributed by atoms with Crippen LogP contribution in [0.25, 0.3) is 0 Å². The van der Waals surface area contributed by atoms with Crippen molar-refractivity contribution in [1.29, 1.82) is 0 Å². The van der Waals surface area contributed by atoms with Gasteiger partial charge < -0.3 is 10.2 Å². The minimum atomic E-state index is -4.90. The second kappa shape index (κ2) is 6.33. The number of hydrogen-bond donors (Lipinski definition) is 1. The lowest BCUT2D eigenvalue weighted by Crippen LogP contribution is -2.25. The average Bonchev–Trinajstić information content (AvgIpc) is 2.85. The first kappa shape index (κ1) is 16.3. The molecule has 0 radical (unpaired) electrons. The number of rotatable bonds is 4. The van der Waals surface area contributed by atoms with Gasteiger partial charge in [0.1, 0.15) is 11.6 Å². The molecule has 22 heavy (non-hydrogen) atoms. The predicted molar refractivity (Wildman–Crippen MR) is 71.1 cm³/mol. The Morgan fingerprint density at radius 1 is 1.50 bits per heavy atom. The van der Waals surface area contributed by atoms with Crippen LogP contribution in [-0.4, -0.2) is 34.9 Å². The van der Waals surface area contributed by atoms with E-state index < -0.39 is 17.8 Å². The topological polar surface area (TPSA) is 45.2 Å². The van der Waals surface area contributed by atoms with Crippen LogP contribution in [0.1, 0.15) is 18.2 Å². The van der Waals surface area contributed by atoms with Crippen LogP contribution in [0.4, 0.5) is 17.6 Å². The summed E-state index contributed by atoms with van der Waals surface area (Å²) in [4.78, 5) is 16.5. The van der Waals surface area contributed by atoms with E-state index in [9.17, 15) is 22.4 Å². The van der Waals surface area contributed by atoms with Crippen LogP contribution in [0.5, 0.6) is 0 Å². The van der Waals surface area contributed by atoms with Crippen molar-refractivity contribution < 1.29 is 22.4 Å². The molecule has 0 aromatic carbocycles. The summed E-state index contributed by atoms with van der Waals surface area (Å²) < 4.78 is 50.6. The molecule has 4 nitrogen and oxygen atoms in total. The van der Waals surface area contributed by atoms with Gasteiger partial charge in [0.15, 0.2) is 0 Å². The van der Waals surface area contributed by atoms with E-state index in [1.807, 2.05) is 0 Å². The number of ketones is 1. The number of aryl methyl sites for hydroxylation is 1. The van der Waals surface area contributed by atoms with Crippen molar-refractivity contribution in [3.8, 4) is 0 Å². The van der Waals surface area contributed by atoms with Crippen LogP contribution in [0.3, 0.4) is 0 Å². The minimum absolute atomic E-state index is 0.0855. The summed E-state index contributed by atoms with van der Waals surface area (Å²) >= 11 is 0. The zero-order chi connectivity index (χ0) is 16.3. The van der Waals surface area contributed by atoms with Gasteiger partial charge in [-0.15, -0.1) is 0 Å². The maximum Gasteiger partial charge on any atom is 0.454 e. The Hall–Kier alpha value is -2.12. The number of alkyl halides is 3. The van der Waals surface area contributed by atoms with Crippen LogP contribution in [0.15, 0.2) is 24.2 Å². The maximum absolute atomic E-state index is 13.7. The van der Waals surface area contributed by atoms with Crippen LogP contribution >= 0.6 is 0 Å². The summed E-state index contributed by atoms with van der Waals surface area (Å²) in [6.45, 7) is 2.80. The number of pyridine rings is 1. The number of aromatic nitrogens is 1. The first-order valence-electron chi connectivity index (χ1n) is 6.76. The van der Waals surface area contributed by atoms with E-state index in [2.05, 4.69) is 10.3 Å². The fraction of sp³-hybridized carbons (Fsp3) is 0.429. The van der Waals surface area contributed by atoms with E-state index in [0.29, 0.717) is 36.8 Å². The van der Waals surface area contributed by atoms with E-state index in [-0.39, 0.29) is 12.4 Å². The van der Waals surface area contributed by atoms with Gasteiger partial charge in [-0.25, -0.2) is 4.39 Å². The Morgan fingerprint density at radius 2 is 2.23 bits per heavy atom. The first-order chi connectivity index (χ1) is 10.3. The second-order valence-electron chi connectivity index (χ2n) is 4.87. The van der Waals surface area contributed by atoms with Crippen molar-refractivity contribution >= 4 is 5.78 Å². The molecule has 1 aromatic rings. The first-order valence-corrected chi connectivity index (χ1v) is 6.76. The zero-order valence-corrected chi connectivity index (χ0v) is 11.9. The van der Waals surface area contributed by atoms with Crippen molar-refractivity contribution in [3.63, 3.8) is 0 Å². The quantitative estimate of drug-likeness (QED) is 0.683. The summed E-state index contributed by atoms with van der Waals surface area (Å²) in [5.41, 5.74) is 0.870. The lowest BCUT2D eigenvalue weighted by atomic mass is 10.2. The molecule has 1 N–H and O–H groups in total. The number of carbonyl (C=O) groups is 1. The molecule has 8 heteroatoms. The van der Waals surface area contributed by atoms with E-state index in [1.54, 1.807) is 11.8 Å². The molecule has 120 valence electrons. The van der Waals surface area contributed by atoms with Crippen LogP contribution in [0, 0.1) is 5.82 Å². The van der Waals surface area contributed by atoms with Crippen molar-refractivity contribution in [1.82, 2.24) is 15.2 Å². The van der Waals surface area contributed by atoms with Gasteiger partial charge in [-0.05, 0) is 18.1 Å². The van der Waals surface area contributed by atoms with Gasteiger partial charge in [0.2, 0.25) is 0 Å². The van der Waals surface area contributed by atoms with Gasteiger partial charge in [-0.3, -0.25) is 9.78 Å². The van der Waals surface area contributed by atoms with Crippen LogP contribution in [-0.2, 0) is 17.8 Å². The Labute approximate surface area is 124 Å². The van der Waals surface area contributed by atoms with E-state index >= 15 is 0 Å². The van der Waals surface area contributed by atoms with Gasteiger partial charge in [-0.2, -0.15) is 13.2 Å². The molecule has 0 unspecified atom stereocenters. The minimum Gasteiger partial charge on any atom is -0.370 e. The number of carbonyl (C=O) groups excluding carboxylic acids is 1. The number of allylic oxidation sites excluding steroid dienone is 1. The summed E-state index contributed by atoms with van der Waals surface area (Å²) in [6, 6.07) is 1.31. The largest absolute Gasteiger partial charge is 0.454 e.